The highest BCUT2D eigenvalue weighted by Gasteiger charge is 2.24. The predicted octanol–water partition coefficient (Wildman–Crippen LogP) is 1.41. The van der Waals surface area contributed by atoms with Gasteiger partial charge in [-0.05, 0) is 42.0 Å². The van der Waals surface area contributed by atoms with Crippen LogP contribution in [0.5, 0.6) is 5.75 Å². The molecule has 0 spiro atoms. The van der Waals surface area contributed by atoms with E-state index in [0.717, 1.165) is 24.4 Å². The molecule has 2 amide bonds. The van der Waals surface area contributed by atoms with E-state index in [1.54, 1.807) is 31.4 Å². The average Bonchev–Trinajstić information content (AvgIpc) is 2.76. The molecule has 1 aliphatic heterocycles. The maximum absolute atomic E-state index is 12.3. The molecule has 1 fully saturated rings. The third-order valence-electron chi connectivity index (χ3n) is 4.82. The first-order valence-corrected chi connectivity index (χ1v) is 9.47. The van der Waals surface area contributed by atoms with Gasteiger partial charge < -0.3 is 25.8 Å². The molecule has 1 atom stereocenters. The van der Waals surface area contributed by atoms with E-state index in [4.69, 9.17) is 15.2 Å². The predicted molar refractivity (Wildman–Crippen MR) is 111 cm³/mol. The standard InChI is InChI=1S/C21H26N4O4/c1-28-18-8-2-15(3-9-18)19(25-10-12-29-13-11-25)14-23-20(26)21(27)24-17-6-4-16(22)5-7-17/h2-9,19H,10-14,22H2,1H3,(H,23,26)(H,24,27). The molecule has 1 heterocycles. The van der Waals surface area contributed by atoms with E-state index in [0.29, 0.717) is 31.1 Å². The number of anilines is 2. The van der Waals surface area contributed by atoms with Crippen molar-refractivity contribution in [3.05, 3.63) is 54.1 Å². The molecule has 2 aromatic rings. The number of rotatable bonds is 6. The van der Waals surface area contributed by atoms with Gasteiger partial charge in [0.2, 0.25) is 0 Å². The minimum absolute atomic E-state index is 0.0712. The Labute approximate surface area is 170 Å². The van der Waals surface area contributed by atoms with Crippen molar-refractivity contribution in [2.75, 3.05) is 51.0 Å². The van der Waals surface area contributed by atoms with Crippen LogP contribution in [-0.2, 0) is 14.3 Å². The van der Waals surface area contributed by atoms with E-state index in [1.165, 1.54) is 0 Å². The van der Waals surface area contributed by atoms with Gasteiger partial charge >= 0.3 is 11.8 Å². The molecule has 1 aliphatic rings. The third-order valence-corrected chi connectivity index (χ3v) is 4.82. The van der Waals surface area contributed by atoms with E-state index in [1.807, 2.05) is 24.3 Å². The van der Waals surface area contributed by atoms with E-state index in [9.17, 15) is 9.59 Å². The van der Waals surface area contributed by atoms with Gasteiger partial charge in [-0.3, -0.25) is 14.5 Å². The largest absolute Gasteiger partial charge is 0.497 e. The molecule has 1 saturated heterocycles. The molecule has 1 unspecified atom stereocenters. The maximum atomic E-state index is 12.3. The molecule has 154 valence electrons. The van der Waals surface area contributed by atoms with Gasteiger partial charge in [-0.25, -0.2) is 0 Å². The van der Waals surface area contributed by atoms with Crippen LogP contribution in [0.25, 0.3) is 0 Å². The molecule has 0 bridgehead atoms. The summed E-state index contributed by atoms with van der Waals surface area (Å²) in [4.78, 5) is 26.8. The fraction of sp³-hybridized carbons (Fsp3) is 0.333. The number of methoxy groups -OCH3 is 1. The summed E-state index contributed by atoms with van der Waals surface area (Å²) in [6.07, 6.45) is 0. The van der Waals surface area contributed by atoms with Gasteiger partial charge in [0.25, 0.3) is 0 Å². The Hall–Kier alpha value is -3.10. The smallest absolute Gasteiger partial charge is 0.313 e. The highest BCUT2D eigenvalue weighted by molar-refractivity contribution is 6.39. The number of ether oxygens (including phenoxy) is 2. The Balaban J connectivity index is 1.64. The lowest BCUT2D eigenvalue weighted by Crippen LogP contribution is -2.45. The number of hydrogen-bond acceptors (Lipinski definition) is 6. The fourth-order valence-electron chi connectivity index (χ4n) is 3.20. The number of carbonyl (C=O) groups is 2. The van der Waals surface area contributed by atoms with Crippen molar-refractivity contribution < 1.29 is 19.1 Å². The number of nitrogen functional groups attached to an aromatic ring is 1. The van der Waals surface area contributed by atoms with E-state index < -0.39 is 11.8 Å². The molecular formula is C21H26N4O4. The topological polar surface area (TPSA) is 106 Å². The Morgan fingerprint density at radius 1 is 1.07 bits per heavy atom. The Morgan fingerprint density at radius 3 is 2.34 bits per heavy atom. The zero-order valence-electron chi connectivity index (χ0n) is 16.4. The van der Waals surface area contributed by atoms with Crippen LogP contribution in [0.1, 0.15) is 11.6 Å². The molecule has 2 aromatic carbocycles. The molecule has 0 saturated carbocycles. The first-order valence-electron chi connectivity index (χ1n) is 9.47. The quantitative estimate of drug-likeness (QED) is 0.502. The Bertz CT molecular complexity index is 818. The Kier molecular flexibility index (Phi) is 7.04. The van der Waals surface area contributed by atoms with Crippen LogP contribution in [0.2, 0.25) is 0 Å². The van der Waals surface area contributed by atoms with Crippen LogP contribution < -0.4 is 21.1 Å². The first-order chi connectivity index (χ1) is 14.1. The number of morpholine rings is 1. The lowest BCUT2D eigenvalue weighted by atomic mass is 10.0. The van der Waals surface area contributed by atoms with Gasteiger partial charge in [-0.15, -0.1) is 0 Å². The zero-order chi connectivity index (χ0) is 20.6. The van der Waals surface area contributed by atoms with Crippen molar-refractivity contribution >= 4 is 23.2 Å². The number of carbonyl (C=O) groups excluding carboxylic acids is 2. The van der Waals surface area contributed by atoms with Crippen molar-refractivity contribution in [3.63, 3.8) is 0 Å². The first kappa shape index (κ1) is 20.6. The van der Waals surface area contributed by atoms with Crippen molar-refractivity contribution in [1.29, 1.82) is 0 Å². The summed E-state index contributed by atoms with van der Waals surface area (Å²) in [5.74, 6) is -0.639. The minimum Gasteiger partial charge on any atom is -0.497 e. The van der Waals surface area contributed by atoms with Crippen LogP contribution in [0.4, 0.5) is 11.4 Å². The second-order valence-corrected chi connectivity index (χ2v) is 6.72. The molecule has 8 nitrogen and oxygen atoms in total. The highest BCUT2D eigenvalue weighted by atomic mass is 16.5. The number of benzene rings is 2. The zero-order valence-corrected chi connectivity index (χ0v) is 16.4. The number of amides is 2. The van der Waals surface area contributed by atoms with Crippen LogP contribution in [0.3, 0.4) is 0 Å². The summed E-state index contributed by atoms with van der Waals surface area (Å²) in [6.45, 7) is 3.09. The van der Waals surface area contributed by atoms with E-state index in [2.05, 4.69) is 15.5 Å². The molecule has 3 rings (SSSR count). The molecular weight excluding hydrogens is 372 g/mol. The van der Waals surface area contributed by atoms with Gasteiger partial charge in [0, 0.05) is 31.0 Å². The van der Waals surface area contributed by atoms with E-state index >= 15 is 0 Å². The minimum atomic E-state index is -0.717. The average molecular weight is 398 g/mol. The van der Waals surface area contributed by atoms with Gasteiger partial charge in [-0.2, -0.15) is 0 Å². The second-order valence-electron chi connectivity index (χ2n) is 6.72. The molecule has 8 heteroatoms. The fourth-order valence-corrected chi connectivity index (χ4v) is 3.20. The van der Waals surface area contributed by atoms with Gasteiger partial charge in [0.15, 0.2) is 0 Å². The van der Waals surface area contributed by atoms with Gasteiger partial charge in [-0.1, -0.05) is 12.1 Å². The highest BCUT2D eigenvalue weighted by Crippen LogP contribution is 2.23. The van der Waals surface area contributed by atoms with Crippen molar-refractivity contribution in [1.82, 2.24) is 10.2 Å². The van der Waals surface area contributed by atoms with Crippen molar-refractivity contribution in [2.24, 2.45) is 0 Å². The number of nitrogens with one attached hydrogen (secondary N) is 2. The normalized spacial score (nSPS) is 15.3. The summed E-state index contributed by atoms with van der Waals surface area (Å²) in [7, 11) is 1.62. The van der Waals surface area contributed by atoms with Crippen LogP contribution in [-0.4, -0.2) is 56.7 Å². The second kappa shape index (κ2) is 9.90. The number of nitrogens with zero attached hydrogens (tertiary/aromatic N) is 1. The maximum Gasteiger partial charge on any atom is 0.313 e. The SMILES string of the molecule is COc1ccc(C(CNC(=O)C(=O)Nc2ccc(N)cc2)N2CCOCC2)cc1. The summed E-state index contributed by atoms with van der Waals surface area (Å²) in [6, 6.07) is 14.3. The van der Waals surface area contributed by atoms with Gasteiger partial charge in [0.1, 0.15) is 5.75 Å². The lowest BCUT2D eigenvalue weighted by molar-refractivity contribution is -0.136. The summed E-state index contributed by atoms with van der Waals surface area (Å²) in [5.41, 5.74) is 7.76. The summed E-state index contributed by atoms with van der Waals surface area (Å²) in [5, 5.41) is 5.32. The molecule has 0 aliphatic carbocycles. The third kappa shape index (κ3) is 5.69. The van der Waals surface area contributed by atoms with Crippen molar-refractivity contribution in [3.8, 4) is 5.75 Å². The number of nitrogens with two attached hydrogens (primary N) is 1. The molecule has 29 heavy (non-hydrogen) atoms. The molecule has 0 aromatic heterocycles. The molecule has 0 radical (unpaired) electrons. The van der Waals surface area contributed by atoms with Gasteiger partial charge in [0.05, 0.1) is 26.4 Å². The summed E-state index contributed by atoms with van der Waals surface area (Å²) < 4.78 is 10.7. The van der Waals surface area contributed by atoms with Crippen LogP contribution in [0.15, 0.2) is 48.5 Å². The van der Waals surface area contributed by atoms with Crippen LogP contribution >= 0.6 is 0 Å². The van der Waals surface area contributed by atoms with Crippen molar-refractivity contribution in [2.45, 2.75) is 6.04 Å². The number of hydrogen-bond donors (Lipinski definition) is 3. The molecule has 4 N–H and O–H groups in total. The van der Waals surface area contributed by atoms with E-state index in [-0.39, 0.29) is 6.04 Å². The monoisotopic (exact) mass is 398 g/mol. The summed E-state index contributed by atoms with van der Waals surface area (Å²) >= 11 is 0. The Morgan fingerprint density at radius 2 is 1.72 bits per heavy atom. The van der Waals surface area contributed by atoms with Crippen LogP contribution in [0, 0.1) is 0 Å². The lowest BCUT2D eigenvalue weighted by Gasteiger charge is -2.34.